The lowest BCUT2D eigenvalue weighted by atomic mass is 9.93. The molecule has 0 aliphatic carbocycles. The van der Waals surface area contributed by atoms with Crippen LogP contribution in [0.1, 0.15) is 24.5 Å². The molecule has 0 N–H and O–H groups in total. The average Bonchev–Trinajstić information content (AvgIpc) is 3.13. The van der Waals surface area contributed by atoms with Gasteiger partial charge in [-0.1, -0.05) is 11.3 Å². The second-order valence-corrected chi connectivity index (χ2v) is 9.20. The fourth-order valence-electron chi connectivity index (χ4n) is 3.05. The van der Waals surface area contributed by atoms with Crippen molar-refractivity contribution in [2.75, 3.05) is 24.2 Å². The average molecular weight is 370 g/mol. The first kappa shape index (κ1) is 16.9. The Morgan fingerprint density at radius 3 is 2.54 bits per heavy atom. The Labute approximate surface area is 143 Å². The Morgan fingerprint density at radius 2 is 2.04 bits per heavy atom. The SMILES string of the molecule is Cn1nccc1C1CCN(c2sc(S(C)(=O)=O)cc2[N+](=O)[O-])CC1. The maximum atomic E-state index is 11.7. The summed E-state index contributed by atoms with van der Waals surface area (Å²) >= 11 is 0.982. The Hall–Kier alpha value is -1.94. The number of nitrogens with zero attached hydrogens (tertiary/aromatic N) is 4. The van der Waals surface area contributed by atoms with Crippen LogP contribution in [0.15, 0.2) is 22.5 Å². The molecule has 3 rings (SSSR count). The van der Waals surface area contributed by atoms with Crippen molar-refractivity contribution in [3.05, 3.63) is 34.1 Å². The first-order valence-corrected chi connectivity index (χ1v) is 10.2. The number of sulfone groups is 1. The van der Waals surface area contributed by atoms with Crippen LogP contribution in [0, 0.1) is 10.1 Å². The maximum Gasteiger partial charge on any atom is 0.305 e. The second-order valence-electron chi connectivity index (χ2n) is 5.93. The molecular weight excluding hydrogens is 352 g/mol. The molecule has 0 radical (unpaired) electrons. The number of anilines is 1. The van der Waals surface area contributed by atoms with Crippen LogP contribution in [0.4, 0.5) is 10.7 Å². The smallest absolute Gasteiger partial charge is 0.305 e. The number of thiophene rings is 1. The standard InChI is InChI=1S/C14H18N4O4S2/c1-16-11(3-6-15-16)10-4-7-17(8-5-10)14-12(18(19)20)9-13(23-14)24(2,21)22/h3,6,9-10H,4-5,7-8H2,1-2H3. The highest BCUT2D eigenvalue weighted by atomic mass is 32.2. The highest BCUT2D eigenvalue weighted by Gasteiger charge is 2.30. The van der Waals surface area contributed by atoms with Crippen molar-refractivity contribution in [3.8, 4) is 0 Å². The van der Waals surface area contributed by atoms with E-state index >= 15 is 0 Å². The molecule has 0 unspecified atom stereocenters. The molecule has 0 atom stereocenters. The monoisotopic (exact) mass is 370 g/mol. The lowest BCUT2D eigenvalue weighted by Gasteiger charge is -2.32. The van der Waals surface area contributed by atoms with E-state index in [1.165, 1.54) is 6.07 Å². The molecule has 1 aliphatic rings. The summed E-state index contributed by atoms with van der Waals surface area (Å²) in [5.74, 6) is 0.363. The summed E-state index contributed by atoms with van der Waals surface area (Å²) in [5.41, 5.74) is 1.03. The third-order valence-corrected chi connectivity index (χ3v) is 7.28. The van der Waals surface area contributed by atoms with E-state index in [9.17, 15) is 18.5 Å². The van der Waals surface area contributed by atoms with Crippen LogP contribution in [0.2, 0.25) is 0 Å². The maximum absolute atomic E-state index is 11.7. The van der Waals surface area contributed by atoms with E-state index in [-0.39, 0.29) is 9.90 Å². The molecule has 0 spiro atoms. The fourth-order valence-corrected chi connectivity index (χ4v) is 5.13. The summed E-state index contributed by atoms with van der Waals surface area (Å²) in [5, 5.41) is 15.9. The molecule has 24 heavy (non-hydrogen) atoms. The van der Waals surface area contributed by atoms with Crippen molar-refractivity contribution >= 4 is 31.9 Å². The molecule has 0 bridgehead atoms. The Balaban J connectivity index is 1.82. The zero-order valence-electron chi connectivity index (χ0n) is 13.4. The largest absolute Gasteiger partial charge is 0.358 e. The summed E-state index contributed by atoms with van der Waals surface area (Å²) in [6, 6.07) is 3.16. The van der Waals surface area contributed by atoms with Gasteiger partial charge in [0.25, 0.3) is 0 Å². The molecule has 1 fully saturated rings. The summed E-state index contributed by atoms with van der Waals surface area (Å²) < 4.78 is 25.3. The molecule has 0 saturated carbocycles. The summed E-state index contributed by atoms with van der Waals surface area (Å²) in [4.78, 5) is 12.7. The van der Waals surface area contributed by atoms with Gasteiger partial charge in [0.15, 0.2) is 14.8 Å². The summed E-state index contributed by atoms with van der Waals surface area (Å²) in [6.45, 7) is 1.31. The molecule has 10 heteroatoms. The van der Waals surface area contributed by atoms with E-state index in [1.54, 1.807) is 6.20 Å². The molecule has 130 valence electrons. The third kappa shape index (κ3) is 3.16. The minimum absolute atomic E-state index is 0.0398. The normalized spacial score (nSPS) is 16.5. The first-order chi connectivity index (χ1) is 11.3. The number of hydrogen-bond donors (Lipinski definition) is 0. The summed E-state index contributed by atoms with van der Waals surface area (Å²) in [7, 11) is -1.55. The van der Waals surface area contributed by atoms with Crippen molar-refractivity contribution in [2.24, 2.45) is 7.05 Å². The van der Waals surface area contributed by atoms with E-state index in [2.05, 4.69) is 5.10 Å². The van der Waals surface area contributed by atoms with Gasteiger partial charge in [-0.3, -0.25) is 14.8 Å². The number of piperidine rings is 1. The van der Waals surface area contributed by atoms with Crippen LogP contribution in [-0.2, 0) is 16.9 Å². The van der Waals surface area contributed by atoms with Crippen molar-refractivity contribution in [2.45, 2.75) is 23.0 Å². The zero-order valence-corrected chi connectivity index (χ0v) is 15.0. The molecule has 2 aromatic heterocycles. The third-order valence-electron chi connectivity index (χ3n) is 4.29. The lowest BCUT2D eigenvalue weighted by molar-refractivity contribution is -0.383. The fraction of sp³-hybridized carbons (Fsp3) is 0.500. The minimum atomic E-state index is -3.45. The van der Waals surface area contributed by atoms with Crippen molar-refractivity contribution < 1.29 is 13.3 Å². The number of nitro groups is 1. The minimum Gasteiger partial charge on any atom is -0.358 e. The van der Waals surface area contributed by atoms with Crippen molar-refractivity contribution in [1.82, 2.24) is 9.78 Å². The van der Waals surface area contributed by atoms with Gasteiger partial charge in [-0.15, -0.1) is 0 Å². The predicted molar refractivity (Wildman–Crippen MR) is 91.5 cm³/mol. The van der Waals surface area contributed by atoms with Crippen LogP contribution in [0.25, 0.3) is 0 Å². The van der Waals surface area contributed by atoms with Gasteiger partial charge in [-0.25, -0.2) is 8.42 Å². The molecule has 1 aliphatic heterocycles. The Morgan fingerprint density at radius 1 is 1.38 bits per heavy atom. The van der Waals surface area contributed by atoms with E-state index in [0.29, 0.717) is 24.0 Å². The predicted octanol–water partition coefficient (Wildman–Crippen LogP) is 2.18. The summed E-state index contributed by atoms with van der Waals surface area (Å²) in [6.07, 6.45) is 4.54. The molecule has 3 heterocycles. The highest BCUT2D eigenvalue weighted by Crippen LogP contribution is 2.42. The van der Waals surface area contributed by atoms with Crippen LogP contribution in [0.5, 0.6) is 0 Å². The zero-order chi connectivity index (χ0) is 17.5. The number of aromatic nitrogens is 2. The van der Waals surface area contributed by atoms with Gasteiger partial charge in [0.2, 0.25) is 0 Å². The first-order valence-electron chi connectivity index (χ1n) is 7.48. The van der Waals surface area contributed by atoms with Gasteiger partial charge in [-0.2, -0.15) is 5.10 Å². The molecular formula is C14H18N4O4S2. The van der Waals surface area contributed by atoms with Gasteiger partial charge in [0.1, 0.15) is 4.21 Å². The van der Waals surface area contributed by atoms with E-state index < -0.39 is 14.8 Å². The van der Waals surface area contributed by atoms with Crippen LogP contribution >= 0.6 is 11.3 Å². The topological polar surface area (TPSA) is 98.3 Å². The number of aryl methyl sites for hydroxylation is 1. The molecule has 0 aromatic carbocycles. The van der Waals surface area contributed by atoms with Crippen LogP contribution in [0.3, 0.4) is 0 Å². The highest BCUT2D eigenvalue weighted by molar-refractivity contribution is 7.92. The molecule has 8 nitrogen and oxygen atoms in total. The van der Waals surface area contributed by atoms with E-state index in [4.69, 9.17) is 0 Å². The van der Waals surface area contributed by atoms with Gasteiger partial charge < -0.3 is 4.90 Å². The number of hydrogen-bond acceptors (Lipinski definition) is 7. The molecule has 2 aromatic rings. The Kier molecular flexibility index (Phi) is 4.35. The van der Waals surface area contributed by atoms with Crippen LogP contribution < -0.4 is 4.90 Å². The van der Waals surface area contributed by atoms with Crippen molar-refractivity contribution in [3.63, 3.8) is 0 Å². The van der Waals surface area contributed by atoms with E-state index in [0.717, 1.165) is 36.1 Å². The van der Waals surface area contributed by atoms with Gasteiger partial charge in [0, 0.05) is 50.3 Å². The van der Waals surface area contributed by atoms with Crippen molar-refractivity contribution in [1.29, 1.82) is 0 Å². The van der Waals surface area contributed by atoms with Gasteiger partial charge in [-0.05, 0) is 18.9 Å². The van der Waals surface area contributed by atoms with E-state index in [1.807, 2.05) is 22.7 Å². The van der Waals surface area contributed by atoms with Crippen LogP contribution in [-0.4, -0.2) is 42.5 Å². The van der Waals surface area contributed by atoms with Gasteiger partial charge in [0.05, 0.1) is 4.92 Å². The second kappa shape index (κ2) is 6.17. The molecule has 1 saturated heterocycles. The number of rotatable bonds is 4. The Bertz CT molecular complexity index is 863. The quantitative estimate of drug-likeness (QED) is 0.604. The molecule has 0 amide bonds. The van der Waals surface area contributed by atoms with Gasteiger partial charge >= 0.3 is 5.69 Å². The lowest BCUT2D eigenvalue weighted by Crippen LogP contribution is -2.33.